The average molecular weight is 526 g/mol. The molecule has 0 aliphatic heterocycles. The van der Waals surface area contributed by atoms with Crippen molar-refractivity contribution >= 4 is 57.4 Å². The second-order valence-corrected chi connectivity index (χ2v) is 10.7. The molecule has 1 aromatic heterocycles. The fourth-order valence-electron chi connectivity index (χ4n) is 3.96. The van der Waals surface area contributed by atoms with E-state index < -0.39 is 0 Å². The highest BCUT2D eigenvalue weighted by molar-refractivity contribution is 7.13. The van der Waals surface area contributed by atoms with E-state index in [0.717, 1.165) is 25.7 Å². The minimum absolute atomic E-state index is 0.0522. The average Bonchev–Trinajstić information content (AvgIpc) is 3.19. The summed E-state index contributed by atoms with van der Waals surface area (Å²) in [6.45, 7) is 4.17. The zero-order chi connectivity index (χ0) is 24.7. The molecule has 1 saturated carbocycles. The molecule has 1 fully saturated rings. The van der Waals surface area contributed by atoms with Crippen molar-refractivity contribution in [2.75, 3.05) is 18.4 Å². The Balaban J connectivity index is 1.57. The number of benzene rings is 1. The summed E-state index contributed by atoms with van der Waals surface area (Å²) in [6.07, 6.45) is 5.76. The lowest BCUT2D eigenvalue weighted by Crippen LogP contribution is -2.40. The Kier molecular flexibility index (Phi) is 9.74. The fourth-order valence-corrected chi connectivity index (χ4v) is 5.18. The van der Waals surface area contributed by atoms with Crippen molar-refractivity contribution in [1.82, 2.24) is 15.2 Å². The molecule has 1 aliphatic carbocycles. The number of nitrogens with zero attached hydrogens (tertiary/aromatic N) is 2. The molecular weight excluding hydrogens is 495 g/mol. The van der Waals surface area contributed by atoms with Crippen LogP contribution in [0.2, 0.25) is 10.0 Å². The Morgan fingerprint density at radius 3 is 2.56 bits per heavy atom. The van der Waals surface area contributed by atoms with Crippen molar-refractivity contribution in [2.24, 2.45) is 5.92 Å². The quantitative estimate of drug-likeness (QED) is 0.472. The topological polar surface area (TPSA) is 91.4 Å². The molecule has 34 heavy (non-hydrogen) atoms. The molecule has 3 amide bonds. The smallest absolute Gasteiger partial charge is 0.255 e. The first-order chi connectivity index (χ1) is 16.2. The predicted molar refractivity (Wildman–Crippen MR) is 137 cm³/mol. The lowest BCUT2D eigenvalue weighted by molar-refractivity contribution is -0.121. The van der Waals surface area contributed by atoms with Crippen LogP contribution >= 0.6 is 34.5 Å². The van der Waals surface area contributed by atoms with Crippen LogP contribution in [0, 0.1) is 5.92 Å². The first-order valence-electron chi connectivity index (χ1n) is 11.5. The molecular formula is C24H30Cl2N4O3S. The highest BCUT2D eigenvalue weighted by Crippen LogP contribution is 2.23. The highest BCUT2D eigenvalue weighted by Gasteiger charge is 2.23. The van der Waals surface area contributed by atoms with Gasteiger partial charge in [-0.1, -0.05) is 56.3 Å². The molecule has 1 aliphatic rings. The predicted octanol–water partition coefficient (Wildman–Crippen LogP) is 5.18. The van der Waals surface area contributed by atoms with Gasteiger partial charge in [0.1, 0.15) is 6.54 Å². The number of aromatic nitrogens is 1. The van der Waals surface area contributed by atoms with Gasteiger partial charge >= 0.3 is 0 Å². The molecule has 184 valence electrons. The minimum atomic E-state index is -0.369. The summed E-state index contributed by atoms with van der Waals surface area (Å²) in [7, 11) is 0. The number of hydrogen-bond donors (Lipinski definition) is 2. The van der Waals surface area contributed by atoms with Crippen molar-refractivity contribution in [1.29, 1.82) is 0 Å². The maximum atomic E-state index is 13.1. The summed E-state index contributed by atoms with van der Waals surface area (Å²) >= 11 is 13.4. The largest absolute Gasteiger partial charge is 0.353 e. The number of hydrogen-bond acceptors (Lipinski definition) is 5. The molecule has 2 N–H and O–H groups in total. The van der Waals surface area contributed by atoms with Gasteiger partial charge in [0.05, 0.1) is 22.7 Å². The molecule has 0 bridgehead atoms. The van der Waals surface area contributed by atoms with E-state index in [1.54, 1.807) is 17.5 Å². The number of rotatable bonds is 9. The first kappa shape index (κ1) is 26.4. The van der Waals surface area contributed by atoms with Crippen molar-refractivity contribution in [3.63, 3.8) is 0 Å². The maximum absolute atomic E-state index is 13.1. The zero-order valence-electron chi connectivity index (χ0n) is 19.4. The Bertz CT molecular complexity index is 1020. The molecule has 1 aromatic carbocycles. The number of thiazole rings is 1. The molecule has 2 aromatic rings. The number of carbonyl (C=O) groups is 3. The Morgan fingerprint density at radius 1 is 1.15 bits per heavy atom. The minimum Gasteiger partial charge on any atom is -0.353 e. The molecule has 0 saturated heterocycles. The normalized spacial score (nSPS) is 14.1. The number of anilines is 1. The third kappa shape index (κ3) is 7.96. The standard InChI is InChI=1S/C24H30Cl2N4O3S/c1-15(2)12-30(23(33)19-9-8-16(25)10-20(19)26)13-22(32)29-24-28-18(14-34-24)11-21(31)27-17-6-4-3-5-7-17/h8-10,14-15,17H,3-7,11-13H2,1-2H3,(H,27,31)(H,28,29,32). The second-order valence-electron chi connectivity index (χ2n) is 8.98. The van der Waals surface area contributed by atoms with Crippen LogP contribution in [-0.2, 0) is 16.0 Å². The van der Waals surface area contributed by atoms with Gasteiger partial charge in [-0.3, -0.25) is 14.4 Å². The Hall–Kier alpha value is -2.16. The van der Waals surface area contributed by atoms with Gasteiger partial charge in [-0.2, -0.15) is 0 Å². The Labute approximate surface area is 214 Å². The van der Waals surface area contributed by atoms with Gasteiger partial charge in [0.25, 0.3) is 5.91 Å². The van der Waals surface area contributed by atoms with Gasteiger partial charge in [-0.25, -0.2) is 4.98 Å². The summed E-state index contributed by atoms with van der Waals surface area (Å²) < 4.78 is 0. The van der Waals surface area contributed by atoms with Crippen LogP contribution in [0.4, 0.5) is 5.13 Å². The molecule has 0 spiro atoms. The van der Waals surface area contributed by atoms with E-state index in [1.165, 1.54) is 28.7 Å². The molecule has 3 rings (SSSR count). The highest BCUT2D eigenvalue weighted by atomic mass is 35.5. The van der Waals surface area contributed by atoms with Crippen LogP contribution in [0.5, 0.6) is 0 Å². The fraction of sp³-hybridized carbons (Fsp3) is 0.500. The Morgan fingerprint density at radius 2 is 1.88 bits per heavy atom. The van der Waals surface area contributed by atoms with E-state index in [4.69, 9.17) is 23.2 Å². The van der Waals surface area contributed by atoms with Gasteiger partial charge in [0.15, 0.2) is 5.13 Å². The van der Waals surface area contributed by atoms with Crippen LogP contribution in [0.15, 0.2) is 23.6 Å². The van der Waals surface area contributed by atoms with E-state index >= 15 is 0 Å². The maximum Gasteiger partial charge on any atom is 0.255 e. The summed E-state index contributed by atoms with van der Waals surface area (Å²) in [5.41, 5.74) is 0.900. The van der Waals surface area contributed by atoms with Gasteiger partial charge < -0.3 is 15.5 Å². The summed E-state index contributed by atoms with van der Waals surface area (Å²) in [5, 5.41) is 8.64. The van der Waals surface area contributed by atoms with E-state index in [0.29, 0.717) is 28.0 Å². The molecule has 1 heterocycles. The summed E-state index contributed by atoms with van der Waals surface area (Å²) in [4.78, 5) is 43.9. The third-order valence-electron chi connectivity index (χ3n) is 5.48. The lowest BCUT2D eigenvalue weighted by Gasteiger charge is -2.24. The van der Waals surface area contributed by atoms with Crippen molar-refractivity contribution in [2.45, 2.75) is 58.4 Å². The van der Waals surface area contributed by atoms with Crippen LogP contribution in [0.1, 0.15) is 62.0 Å². The number of nitrogens with one attached hydrogen (secondary N) is 2. The van der Waals surface area contributed by atoms with Gasteiger partial charge in [0.2, 0.25) is 11.8 Å². The van der Waals surface area contributed by atoms with E-state index in [2.05, 4.69) is 15.6 Å². The SMILES string of the molecule is CC(C)CN(CC(=O)Nc1nc(CC(=O)NC2CCCCC2)cs1)C(=O)c1ccc(Cl)cc1Cl. The lowest BCUT2D eigenvalue weighted by atomic mass is 9.95. The van der Waals surface area contributed by atoms with Crippen LogP contribution in [-0.4, -0.2) is 46.7 Å². The second kappa shape index (κ2) is 12.5. The molecule has 0 radical (unpaired) electrons. The number of halogens is 2. The third-order valence-corrected chi connectivity index (χ3v) is 6.83. The number of amides is 3. The van der Waals surface area contributed by atoms with E-state index in [9.17, 15) is 14.4 Å². The van der Waals surface area contributed by atoms with Crippen molar-refractivity contribution in [3.8, 4) is 0 Å². The van der Waals surface area contributed by atoms with Gasteiger partial charge in [-0.05, 0) is 37.0 Å². The molecule has 10 heteroatoms. The molecule has 0 unspecified atom stereocenters. The summed E-state index contributed by atoms with van der Waals surface area (Å²) in [5.74, 6) is -0.614. The number of carbonyl (C=O) groups excluding carboxylic acids is 3. The first-order valence-corrected chi connectivity index (χ1v) is 13.1. The van der Waals surface area contributed by atoms with Gasteiger partial charge in [-0.15, -0.1) is 11.3 Å². The van der Waals surface area contributed by atoms with Crippen LogP contribution < -0.4 is 10.6 Å². The van der Waals surface area contributed by atoms with Crippen LogP contribution in [0.3, 0.4) is 0 Å². The zero-order valence-corrected chi connectivity index (χ0v) is 21.7. The van der Waals surface area contributed by atoms with Crippen molar-refractivity contribution < 1.29 is 14.4 Å². The summed E-state index contributed by atoms with van der Waals surface area (Å²) in [6, 6.07) is 4.91. The molecule has 7 nitrogen and oxygen atoms in total. The van der Waals surface area contributed by atoms with Crippen LogP contribution in [0.25, 0.3) is 0 Å². The van der Waals surface area contributed by atoms with E-state index in [1.807, 2.05) is 13.8 Å². The van der Waals surface area contributed by atoms with E-state index in [-0.39, 0.29) is 47.7 Å². The van der Waals surface area contributed by atoms with Crippen molar-refractivity contribution in [3.05, 3.63) is 44.9 Å². The van der Waals surface area contributed by atoms with Gasteiger partial charge in [0, 0.05) is 23.0 Å². The monoisotopic (exact) mass is 524 g/mol. The molecule has 0 atom stereocenters.